The summed E-state index contributed by atoms with van der Waals surface area (Å²) in [6.45, 7) is 4.56. The minimum absolute atomic E-state index is 0.0144. The molecule has 7 heteroatoms. The van der Waals surface area contributed by atoms with Crippen molar-refractivity contribution < 1.29 is 17.9 Å². The van der Waals surface area contributed by atoms with Crippen LogP contribution in [-0.2, 0) is 10.0 Å². The number of benzene rings is 1. The fourth-order valence-electron chi connectivity index (χ4n) is 2.00. The molecule has 0 saturated carbocycles. The third-order valence-corrected chi connectivity index (χ3v) is 5.54. The summed E-state index contributed by atoms with van der Waals surface area (Å²) in [5, 5.41) is 0. The van der Waals surface area contributed by atoms with Gasteiger partial charge in [-0.3, -0.25) is 0 Å². The SMILES string of the molecule is CC(C)C(N)CCN(C)S(=O)(=O)c1ccc2c(c1)OCO2. The molecule has 1 unspecified atom stereocenters. The van der Waals surface area contributed by atoms with Crippen LogP contribution in [0.3, 0.4) is 0 Å². The highest BCUT2D eigenvalue weighted by Crippen LogP contribution is 2.34. The Labute approximate surface area is 125 Å². The molecule has 1 heterocycles. The zero-order valence-electron chi connectivity index (χ0n) is 12.6. The van der Waals surface area contributed by atoms with E-state index in [4.69, 9.17) is 15.2 Å². The Hall–Kier alpha value is -1.31. The summed E-state index contributed by atoms with van der Waals surface area (Å²) < 4.78 is 36.7. The van der Waals surface area contributed by atoms with Gasteiger partial charge in [0.1, 0.15) is 0 Å². The van der Waals surface area contributed by atoms with E-state index in [1.54, 1.807) is 13.1 Å². The predicted molar refractivity (Wildman–Crippen MR) is 79.8 cm³/mol. The van der Waals surface area contributed by atoms with Crippen LogP contribution >= 0.6 is 0 Å². The minimum atomic E-state index is -3.54. The van der Waals surface area contributed by atoms with Crippen molar-refractivity contribution in [2.75, 3.05) is 20.4 Å². The molecule has 2 N–H and O–H groups in total. The summed E-state index contributed by atoms with van der Waals surface area (Å²) in [6.07, 6.45) is 0.623. The van der Waals surface area contributed by atoms with E-state index in [1.165, 1.54) is 16.4 Å². The van der Waals surface area contributed by atoms with Gasteiger partial charge in [-0.15, -0.1) is 0 Å². The zero-order valence-corrected chi connectivity index (χ0v) is 13.4. The minimum Gasteiger partial charge on any atom is -0.454 e. The van der Waals surface area contributed by atoms with E-state index in [0.29, 0.717) is 30.4 Å². The molecule has 0 bridgehead atoms. The molecule has 1 aromatic rings. The summed E-state index contributed by atoms with van der Waals surface area (Å²) in [5.41, 5.74) is 5.96. The van der Waals surface area contributed by atoms with Crippen molar-refractivity contribution in [3.63, 3.8) is 0 Å². The standard InChI is InChI=1S/C14H22N2O4S/c1-10(2)12(15)6-7-16(3)21(17,18)11-4-5-13-14(8-11)20-9-19-13/h4-5,8,10,12H,6-7,9,15H2,1-3H3. The van der Waals surface area contributed by atoms with Crippen LogP contribution in [0.5, 0.6) is 11.5 Å². The van der Waals surface area contributed by atoms with Crippen LogP contribution in [0.1, 0.15) is 20.3 Å². The molecule has 6 nitrogen and oxygen atoms in total. The maximum Gasteiger partial charge on any atom is 0.242 e. The highest BCUT2D eigenvalue weighted by Gasteiger charge is 2.24. The molecule has 1 aliphatic rings. The van der Waals surface area contributed by atoms with E-state index in [-0.39, 0.29) is 17.7 Å². The first kappa shape index (κ1) is 16.1. The molecule has 0 aromatic heterocycles. The van der Waals surface area contributed by atoms with E-state index >= 15 is 0 Å². The van der Waals surface area contributed by atoms with E-state index in [2.05, 4.69) is 0 Å². The second-order valence-corrected chi connectivity index (χ2v) is 7.58. The van der Waals surface area contributed by atoms with Crippen molar-refractivity contribution in [1.82, 2.24) is 4.31 Å². The molecule has 0 amide bonds. The fourth-order valence-corrected chi connectivity index (χ4v) is 3.20. The lowest BCUT2D eigenvalue weighted by Gasteiger charge is -2.21. The number of nitrogens with zero attached hydrogens (tertiary/aromatic N) is 1. The zero-order chi connectivity index (χ0) is 15.6. The lowest BCUT2D eigenvalue weighted by atomic mass is 10.0. The Balaban J connectivity index is 2.10. The smallest absolute Gasteiger partial charge is 0.242 e. The number of ether oxygens (including phenoxy) is 2. The molecule has 118 valence electrons. The van der Waals surface area contributed by atoms with Gasteiger partial charge in [0.05, 0.1) is 4.90 Å². The quantitative estimate of drug-likeness (QED) is 0.858. The highest BCUT2D eigenvalue weighted by atomic mass is 32.2. The van der Waals surface area contributed by atoms with Gasteiger partial charge in [-0.2, -0.15) is 0 Å². The Kier molecular flexibility index (Phi) is 4.75. The van der Waals surface area contributed by atoms with Crippen molar-refractivity contribution in [2.45, 2.75) is 31.2 Å². The molecule has 0 radical (unpaired) electrons. The molecule has 1 aromatic carbocycles. The highest BCUT2D eigenvalue weighted by molar-refractivity contribution is 7.89. The number of hydrogen-bond acceptors (Lipinski definition) is 5. The predicted octanol–water partition coefficient (Wildman–Crippen LogP) is 1.41. The monoisotopic (exact) mass is 314 g/mol. The Bertz CT molecular complexity index is 601. The molecular weight excluding hydrogens is 292 g/mol. The molecule has 0 spiro atoms. The Morgan fingerprint density at radius 2 is 1.95 bits per heavy atom. The second kappa shape index (κ2) is 6.21. The van der Waals surface area contributed by atoms with Crippen LogP contribution in [0, 0.1) is 5.92 Å². The van der Waals surface area contributed by atoms with Gasteiger partial charge in [0, 0.05) is 25.7 Å². The van der Waals surface area contributed by atoms with Gasteiger partial charge in [0.15, 0.2) is 11.5 Å². The van der Waals surface area contributed by atoms with Crippen molar-refractivity contribution in [1.29, 1.82) is 0 Å². The number of sulfonamides is 1. The van der Waals surface area contributed by atoms with Crippen molar-refractivity contribution in [3.8, 4) is 11.5 Å². The molecule has 0 saturated heterocycles. The van der Waals surface area contributed by atoms with Gasteiger partial charge in [0.25, 0.3) is 0 Å². The second-order valence-electron chi connectivity index (χ2n) is 5.54. The average Bonchev–Trinajstić information content (AvgIpc) is 2.91. The summed E-state index contributed by atoms with van der Waals surface area (Å²) >= 11 is 0. The first-order valence-electron chi connectivity index (χ1n) is 6.94. The Morgan fingerprint density at radius 1 is 1.29 bits per heavy atom. The summed E-state index contributed by atoms with van der Waals surface area (Å²) in [5.74, 6) is 1.36. The lowest BCUT2D eigenvalue weighted by Crippen LogP contribution is -2.34. The Morgan fingerprint density at radius 3 is 2.62 bits per heavy atom. The third-order valence-electron chi connectivity index (χ3n) is 3.69. The van der Waals surface area contributed by atoms with Gasteiger partial charge in [-0.05, 0) is 24.5 Å². The summed E-state index contributed by atoms with van der Waals surface area (Å²) in [6, 6.07) is 4.63. The van der Waals surface area contributed by atoms with E-state index in [9.17, 15) is 8.42 Å². The largest absolute Gasteiger partial charge is 0.454 e. The van der Waals surface area contributed by atoms with Crippen LogP contribution in [0.25, 0.3) is 0 Å². The number of hydrogen-bond donors (Lipinski definition) is 1. The summed E-state index contributed by atoms with van der Waals surface area (Å²) in [4.78, 5) is 0.201. The molecular formula is C14H22N2O4S. The van der Waals surface area contributed by atoms with Crippen LogP contribution < -0.4 is 15.2 Å². The van der Waals surface area contributed by atoms with Crippen LogP contribution in [0.4, 0.5) is 0 Å². The normalized spacial score (nSPS) is 15.7. The van der Waals surface area contributed by atoms with Gasteiger partial charge >= 0.3 is 0 Å². The molecule has 0 aliphatic carbocycles. The summed E-state index contributed by atoms with van der Waals surface area (Å²) in [7, 11) is -1.98. The first-order valence-corrected chi connectivity index (χ1v) is 8.38. The molecule has 1 aliphatic heterocycles. The van der Waals surface area contributed by atoms with Crippen LogP contribution in [0.2, 0.25) is 0 Å². The molecule has 0 fully saturated rings. The molecule has 21 heavy (non-hydrogen) atoms. The van der Waals surface area contributed by atoms with E-state index in [0.717, 1.165) is 0 Å². The van der Waals surface area contributed by atoms with Gasteiger partial charge in [-0.25, -0.2) is 12.7 Å². The maximum atomic E-state index is 12.5. The first-order chi connectivity index (χ1) is 9.82. The molecule has 2 rings (SSSR count). The van der Waals surface area contributed by atoms with Crippen LogP contribution in [0.15, 0.2) is 23.1 Å². The van der Waals surface area contributed by atoms with Gasteiger partial charge in [-0.1, -0.05) is 13.8 Å². The van der Waals surface area contributed by atoms with Crippen molar-refractivity contribution in [2.24, 2.45) is 11.7 Å². The average molecular weight is 314 g/mol. The van der Waals surface area contributed by atoms with Crippen LogP contribution in [-0.4, -0.2) is 39.2 Å². The number of rotatable bonds is 6. The fraction of sp³-hybridized carbons (Fsp3) is 0.571. The van der Waals surface area contributed by atoms with E-state index in [1.807, 2.05) is 13.8 Å². The lowest BCUT2D eigenvalue weighted by molar-refractivity contribution is 0.174. The van der Waals surface area contributed by atoms with Crippen molar-refractivity contribution in [3.05, 3.63) is 18.2 Å². The van der Waals surface area contributed by atoms with Gasteiger partial charge in [0.2, 0.25) is 16.8 Å². The van der Waals surface area contributed by atoms with E-state index < -0.39 is 10.0 Å². The number of nitrogens with two attached hydrogens (primary N) is 1. The number of fused-ring (bicyclic) bond motifs is 1. The van der Waals surface area contributed by atoms with Gasteiger partial charge < -0.3 is 15.2 Å². The third kappa shape index (κ3) is 3.48. The van der Waals surface area contributed by atoms with Crippen molar-refractivity contribution >= 4 is 10.0 Å². The maximum absolute atomic E-state index is 12.5. The molecule has 1 atom stereocenters. The topological polar surface area (TPSA) is 81.9 Å².